The topological polar surface area (TPSA) is 364 Å². The number of anilines is 1. The summed E-state index contributed by atoms with van der Waals surface area (Å²) < 4.78 is 62.3. The molecule has 3 heterocycles. The molecule has 1 aliphatic heterocycles. The van der Waals surface area contributed by atoms with E-state index in [9.17, 15) is 57.9 Å². The van der Waals surface area contributed by atoms with Crippen LogP contribution in [-0.2, 0) is 50.7 Å². The van der Waals surface area contributed by atoms with Gasteiger partial charge in [0.1, 0.15) is 36.3 Å². The van der Waals surface area contributed by atoms with Crippen LogP contribution in [-0.4, -0.2) is 123 Å². The van der Waals surface area contributed by atoms with E-state index in [2.05, 4.69) is 41.3 Å². The van der Waals surface area contributed by atoms with Crippen LogP contribution in [0.15, 0.2) is 24.8 Å². The maximum Gasteiger partial charge on any atom is 0.481 e. The molecule has 0 saturated carbocycles. The fraction of sp³-hybridized carbons (Fsp3) is 0.697. The molecular formula is C33H56N7O17P3S. The molecule has 0 spiro atoms. The molecule has 10 N–H and O–H groups in total. The first kappa shape index (κ1) is 52.6. The zero-order valence-corrected chi connectivity index (χ0v) is 37.4. The maximum absolute atomic E-state index is 12.7. The number of phosphoric ester groups is 3. The van der Waals surface area contributed by atoms with Crippen LogP contribution < -0.4 is 16.4 Å². The van der Waals surface area contributed by atoms with Crippen LogP contribution in [0.5, 0.6) is 0 Å². The van der Waals surface area contributed by atoms with Gasteiger partial charge in [-0.15, -0.1) is 0 Å². The molecule has 2 aromatic heterocycles. The second kappa shape index (κ2) is 24.4. The van der Waals surface area contributed by atoms with E-state index in [0.717, 1.165) is 48.2 Å². The third-order valence-corrected chi connectivity index (χ3v) is 12.9. The Labute approximate surface area is 356 Å². The van der Waals surface area contributed by atoms with E-state index in [1.54, 1.807) is 0 Å². The Morgan fingerprint density at radius 2 is 1.67 bits per heavy atom. The number of aliphatic hydroxyl groups is 2. The molecule has 3 rings (SSSR count). The SMILES string of the molecule is CCCCCCCCC/C=C/C(=O)SCCNC(=O)CCNC(=O)C(O)C(C)(C)COP(=O)(O)OP(=O)(O)OC[C@H]1O[C@@H](n2cnc3c(N)ncnc32)[C@H](O)[C@@H]1OP(=O)(O)O. The minimum absolute atomic E-state index is 0.0317. The normalized spacial score (nSPS) is 21.0. The zero-order valence-electron chi connectivity index (χ0n) is 33.9. The maximum atomic E-state index is 12.7. The van der Waals surface area contributed by atoms with Crippen molar-refractivity contribution in [3.8, 4) is 0 Å². The number of unbranched alkanes of at least 4 members (excludes halogenated alkanes) is 7. The average molecular weight is 948 g/mol. The van der Waals surface area contributed by atoms with Crippen LogP contribution >= 0.6 is 35.2 Å². The van der Waals surface area contributed by atoms with Gasteiger partial charge in [-0.1, -0.05) is 77.1 Å². The molecule has 24 nitrogen and oxygen atoms in total. The van der Waals surface area contributed by atoms with Gasteiger partial charge in [0.15, 0.2) is 17.7 Å². The smallest absolute Gasteiger partial charge is 0.386 e. The highest BCUT2D eigenvalue weighted by Gasteiger charge is 2.50. The molecule has 7 atom stereocenters. The summed E-state index contributed by atoms with van der Waals surface area (Å²) in [6.07, 6.45) is 5.64. The van der Waals surface area contributed by atoms with E-state index in [1.165, 1.54) is 52.0 Å². The molecule has 1 fully saturated rings. The van der Waals surface area contributed by atoms with Crippen molar-refractivity contribution in [1.29, 1.82) is 0 Å². The number of thioether (sulfide) groups is 1. The number of imidazole rings is 1. The Kier molecular flexibility index (Phi) is 21.0. The number of nitrogens with zero attached hydrogens (tertiary/aromatic N) is 4. The Morgan fingerprint density at radius 1 is 1.00 bits per heavy atom. The fourth-order valence-electron chi connectivity index (χ4n) is 5.73. The second-order valence-electron chi connectivity index (χ2n) is 14.5. The molecule has 346 valence electrons. The number of nitrogens with one attached hydrogen (secondary N) is 2. The average Bonchev–Trinajstić information content (AvgIpc) is 3.73. The number of phosphoric acid groups is 3. The standard InChI is InChI=1S/C33H56N7O17P3S/c1-4-5-6-7-8-9-10-11-12-13-24(42)61-17-16-35-23(41)14-15-36-31(45)28(44)33(2,3)19-54-60(51,52)57-59(49,50)53-18-22-27(56-58(46,47)48)26(43)32(55-22)40-21-39-25-29(34)37-20-38-30(25)40/h12-13,20-22,26-28,32,43-44H,4-11,14-19H2,1-3H3,(H,35,41)(H,36,45)(H,49,50)(H,51,52)(H2,34,37,38)(H2,46,47,48)/b13-12+/t22-,26-,27-,28?,32-/m1/s1. The van der Waals surface area contributed by atoms with Gasteiger partial charge in [-0.3, -0.25) is 32.5 Å². The van der Waals surface area contributed by atoms with Gasteiger partial charge in [0, 0.05) is 30.7 Å². The molecule has 3 unspecified atom stereocenters. The number of amides is 2. The van der Waals surface area contributed by atoms with Crippen molar-refractivity contribution in [2.45, 2.75) is 109 Å². The van der Waals surface area contributed by atoms with Crippen LogP contribution in [0.3, 0.4) is 0 Å². The molecule has 0 aromatic carbocycles. The molecule has 0 aliphatic carbocycles. The van der Waals surface area contributed by atoms with E-state index in [0.29, 0.717) is 5.75 Å². The number of nitrogens with two attached hydrogens (primary N) is 1. The quantitative estimate of drug-likeness (QED) is 0.0336. The Hall–Kier alpha value is -2.70. The Balaban J connectivity index is 1.40. The second-order valence-corrected chi connectivity index (χ2v) is 19.9. The summed E-state index contributed by atoms with van der Waals surface area (Å²) in [5, 5.41) is 26.4. The summed E-state index contributed by atoms with van der Waals surface area (Å²) in [7, 11) is -16.4. The van der Waals surface area contributed by atoms with Gasteiger partial charge in [0.2, 0.25) is 16.9 Å². The first-order chi connectivity index (χ1) is 28.6. The number of aliphatic hydroxyl groups excluding tert-OH is 2. The molecule has 1 aliphatic rings. The number of aromatic nitrogens is 4. The zero-order chi connectivity index (χ0) is 45.4. The molecule has 1 saturated heterocycles. The highest BCUT2D eigenvalue weighted by molar-refractivity contribution is 8.14. The molecule has 2 aromatic rings. The number of allylic oxidation sites excluding steroid dienone is 1. The third kappa shape index (κ3) is 18.1. The highest BCUT2D eigenvalue weighted by Crippen LogP contribution is 2.61. The monoisotopic (exact) mass is 947 g/mol. The molecule has 2 amide bonds. The summed E-state index contributed by atoms with van der Waals surface area (Å²) in [6.45, 7) is 2.69. The van der Waals surface area contributed by atoms with E-state index in [-0.39, 0.29) is 41.6 Å². The predicted octanol–water partition coefficient (Wildman–Crippen LogP) is 2.36. The van der Waals surface area contributed by atoms with Gasteiger partial charge in [-0.25, -0.2) is 28.6 Å². The van der Waals surface area contributed by atoms with Gasteiger partial charge in [-0.05, 0) is 18.9 Å². The van der Waals surface area contributed by atoms with E-state index < -0.39 is 84.6 Å². The van der Waals surface area contributed by atoms with Crippen molar-refractivity contribution in [2.75, 3.05) is 37.8 Å². The lowest BCUT2D eigenvalue weighted by Crippen LogP contribution is -2.46. The fourth-order valence-corrected chi connectivity index (χ4v) is 9.16. The number of carbonyl (C=O) groups excluding carboxylic acids is 3. The van der Waals surface area contributed by atoms with Crippen molar-refractivity contribution < 1.29 is 80.5 Å². The summed E-state index contributed by atoms with van der Waals surface area (Å²) >= 11 is 1.06. The number of fused-ring (bicyclic) bond motifs is 1. The number of rotatable bonds is 28. The summed E-state index contributed by atoms with van der Waals surface area (Å²) in [4.78, 5) is 87.9. The number of hydrogen-bond acceptors (Lipinski definition) is 18. The molecule has 28 heteroatoms. The Morgan fingerprint density at radius 3 is 2.36 bits per heavy atom. The number of hydrogen-bond donors (Lipinski definition) is 9. The van der Waals surface area contributed by atoms with Crippen LogP contribution in [0.1, 0.15) is 84.8 Å². The van der Waals surface area contributed by atoms with Crippen molar-refractivity contribution in [1.82, 2.24) is 30.2 Å². The highest BCUT2D eigenvalue weighted by atomic mass is 32.2. The molecule has 0 radical (unpaired) electrons. The van der Waals surface area contributed by atoms with Gasteiger partial charge >= 0.3 is 23.5 Å². The van der Waals surface area contributed by atoms with E-state index in [4.69, 9.17) is 19.5 Å². The van der Waals surface area contributed by atoms with Crippen molar-refractivity contribution >= 4 is 69.1 Å². The van der Waals surface area contributed by atoms with E-state index in [1.807, 2.05) is 6.08 Å². The van der Waals surface area contributed by atoms with Gasteiger partial charge < -0.3 is 50.9 Å². The third-order valence-electron chi connectivity index (χ3n) is 8.97. The van der Waals surface area contributed by atoms with Crippen LogP contribution in [0.2, 0.25) is 0 Å². The lowest BCUT2D eigenvalue weighted by molar-refractivity contribution is -0.137. The number of nitrogen functional groups attached to an aromatic ring is 1. The molecular weight excluding hydrogens is 891 g/mol. The van der Waals surface area contributed by atoms with Gasteiger partial charge in [-0.2, -0.15) is 4.31 Å². The lowest BCUT2D eigenvalue weighted by atomic mass is 9.87. The predicted molar refractivity (Wildman–Crippen MR) is 219 cm³/mol. The first-order valence-electron chi connectivity index (χ1n) is 19.3. The number of carbonyl (C=O) groups is 3. The lowest BCUT2D eigenvalue weighted by Gasteiger charge is -2.30. The van der Waals surface area contributed by atoms with Crippen LogP contribution in [0, 0.1) is 5.41 Å². The first-order valence-corrected chi connectivity index (χ1v) is 24.8. The summed E-state index contributed by atoms with van der Waals surface area (Å²) in [6, 6.07) is 0. The minimum Gasteiger partial charge on any atom is -0.386 e. The van der Waals surface area contributed by atoms with Gasteiger partial charge in [0.25, 0.3) is 0 Å². The van der Waals surface area contributed by atoms with Crippen molar-refractivity contribution in [2.24, 2.45) is 5.41 Å². The van der Waals surface area contributed by atoms with Gasteiger partial charge in [0.05, 0.1) is 19.5 Å². The van der Waals surface area contributed by atoms with Crippen LogP contribution in [0.4, 0.5) is 5.82 Å². The van der Waals surface area contributed by atoms with E-state index >= 15 is 0 Å². The summed E-state index contributed by atoms with van der Waals surface area (Å²) in [5.74, 6) is -1.10. The van der Waals surface area contributed by atoms with Crippen molar-refractivity contribution in [3.05, 3.63) is 24.8 Å². The van der Waals surface area contributed by atoms with Crippen molar-refractivity contribution in [3.63, 3.8) is 0 Å². The minimum atomic E-state index is -5.57. The van der Waals surface area contributed by atoms with Crippen LogP contribution in [0.25, 0.3) is 11.2 Å². The Bertz CT molecular complexity index is 1940. The molecule has 0 bridgehead atoms. The summed E-state index contributed by atoms with van der Waals surface area (Å²) in [5.41, 5.74) is 4.27. The molecule has 61 heavy (non-hydrogen) atoms. The number of ether oxygens (including phenoxy) is 1. The largest absolute Gasteiger partial charge is 0.481 e.